The molecule has 0 bridgehead atoms. The number of hydrogen-bond acceptors (Lipinski definition) is 5. The minimum absolute atomic E-state index is 0.0388. The Morgan fingerprint density at radius 3 is 2.93 bits per heavy atom. The lowest BCUT2D eigenvalue weighted by molar-refractivity contribution is 0.0586. The van der Waals surface area contributed by atoms with Crippen LogP contribution in [0.1, 0.15) is 10.6 Å². The van der Waals surface area contributed by atoms with E-state index >= 15 is 0 Å². The van der Waals surface area contributed by atoms with Crippen LogP contribution in [0.3, 0.4) is 0 Å². The summed E-state index contributed by atoms with van der Waals surface area (Å²) < 4.78 is 5.29. The summed E-state index contributed by atoms with van der Waals surface area (Å²) in [4.78, 5) is 15.2. The van der Waals surface area contributed by atoms with Gasteiger partial charge >= 0.3 is 5.97 Å². The maximum absolute atomic E-state index is 11.1. The number of halogens is 1. The molecule has 2 rings (SSSR count). The minimum Gasteiger partial charge on any atom is -0.463 e. The van der Waals surface area contributed by atoms with Crippen LogP contribution in [-0.2, 0) is 4.74 Å². The molecule has 0 saturated carbocycles. The van der Waals surface area contributed by atoms with E-state index in [1.165, 1.54) is 7.11 Å². The highest BCUT2D eigenvalue weighted by molar-refractivity contribution is 9.10. The number of carbonyl (C=O) groups excluding carboxylic acids is 1. The van der Waals surface area contributed by atoms with Crippen LogP contribution >= 0.6 is 15.9 Å². The quantitative estimate of drug-likeness (QED) is 0.734. The van der Waals surface area contributed by atoms with Gasteiger partial charge in [0, 0.05) is 4.47 Å². The second-order valence-electron chi connectivity index (χ2n) is 2.73. The second-order valence-corrected chi connectivity index (χ2v) is 3.59. The van der Waals surface area contributed by atoms with E-state index in [1.807, 2.05) is 12.1 Å². The molecule has 0 unspecified atom stereocenters. The Morgan fingerprint density at radius 2 is 2.20 bits per heavy atom. The normalized spacial score (nSPS) is 10.3. The Hall–Kier alpha value is -1.56. The first kappa shape index (κ1) is 9.97. The molecule has 0 radical (unpaired) electrons. The molecule has 1 aromatic heterocycles. The van der Waals surface area contributed by atoms with E-state index in [4.69, 9.17) is 0 Å². The number of rotatable bonds is 1. The zero-order valence-electron chi connectivity index (χ0n) is 7.77. The molecule has 0 aliphatic rings. The van der Waals surface area contributed by atoms with Crippen LogP contribution in [0.25, 0.3) is 11.0 Å². The van der Waals surface area contributed by atoms with Crippen molar-refractivity contribution >= 4 is 32.9 Å². The largest absolute Gasteiger partial charge is 0.463 e. The fraction of sp³-hybridized carbons (Fsp3) is 0.111. The Balaban J connectivity index is 2.62. The molecule has 0 fully saturated rings. The van der Waals surface area contributed by atoms with Crippen molar-refractivity contribution in [3.63, 3.8) is 0 Å². The number of esters is 1. The lowest BCUT2D eigenvalue weighted by Crippen LogP contribution is -2.08. The summed E-state index contributed by atoms with van der Waals surface area (Å²) in [6.45, 7) is 0. The summed E-state index contributed by atoms with van der Waals surface area (Å²) in [5.74, 6) is -0.632. The zero-order valence-corrected chi connectivity index (χ0v) is 9.35. The van der Waals surface area contributed by atoms with E-state index in [0.29, 0.717) is 11.0 Å². The molecule has 0 amide bonds. The van der Waals surface area contributed by atoms with Gasteiger partial charge in [-0.2, -0.15) is 0 Å². The van der Waals surface area contributed by atoms with E-state index in [1.54, 1.807) is 6.07 Å². The third-order valence-corrected chi connectivity index (χ3v) is 2.44. The van der Waals surface area contributed by atoms with Crippen LogP contribution in [0.15, 0.2) is 22.7 Å². The molecule has 0 spiro atoms. The number of methoxy groups -OCH3 is 1. The Labute approximate surface area is 93.6 Å². The fourth-order valence-electron chi connectivity index (χ4n) is 1.10. The van der Waals surface area contributed by atoms with E-state index in [9.17, 15) is 4.79 Å². The highest BCUT2D eigenvalue weighted by atomic mass is 79.9. The first-order valence-electron chi connectivity index (χ1n) is 4.09. The van der Waals surface area contributed by atoms with E-state index in [2.05, 4.69) is 35.8 Å². The molecule has 5 nitrogen and oxygen atoms in total. The molecule has 0 saturated heterocycles. The number of fused-ring (bicyclic) bond motifs is 1. The van der Waals surface area contributed by atoms with E-state index in [-0.39, 0.29) is 5.82 Å². The number of benzene rings is 1. The molecule has 0 N–H and O–H groups in total. The van der Waals surface area contributed by atoms with Gasteiger partial charge in [-0.05, 0) is 28.1 Å². The highest BCUT2D eigenvalue weighted by Gasteiger charge is 2.11. The number of ether oxygens (including phenoxy) is 1. The summed E-state index contributed by atoms with van der Waals surface area (Å²) in [7, 11) is 1.27. The Morgan fingerprint density at radius 1 is 1.40 bits per heavy atom. The van der Waals surface area contributed by atoms with Gasteiger partial charge in [-0.15, -0.1) is 10.2 Å². The van der Waals surface area contributed by atoms with Crippen molar-refractivity contribution in [3.8, 4) is 0 Å². The van der Waals surface area contributed by atoms with Crippen LogP contribution < -0.4 is 0 Å². The predicted octanol–water partition coefficient (Wildman–Crippen LogP) is 1.57. The molecule has 0 atom stereocenters. The average Bonchev–Trinajstić information content (AvgIpc) is 2.28. The number of carbonyl (C=O) groups is 1. The van der Waals surface area contributed by atoms with Gasteiger partial charge in [-0.25, -0.2) is 9.78 Å². The molecule has 0 aliphatic heterocycles. The third kappa shape index (κ3) is 1.80. The van der Waals surface area contributed by atoms with Crippen molar-refractivity contribution in [2.45, 2.75) is 0 Å². The van der Waals surface area contributed by atoms with Crippen LogP contribution in [0.5, 0.6) is 0 Å². The van der Waals surface area contributed by atoms with Crippen molar-refractivity contribution in [2.75, 3.05) is 7.11 Å². The van der Waals surface area contributed by atoms with Crippen LogP contribution in [0.4, 0.5) is 0 Å². The number of hydrogen-bond donors (Lipinski definition) is 0. The average molecular weight is 268 g/mol. The maximum Gasteiger partial charge on any atom is 0.378 e. The van der Waals surface area contributed by atoms with Crippen molar-refractivity contribution in [1.29, 1.82) is 0 Å². The fourth-order valence-corrected chi connectivity index (χ4v) is 1.54. The van der Waals surface area contributed by atoms with Crippen molar-refractivity contribution < 1.29 is 9.53 Å². The van der Waals surface area contributed by atoms with E-state index in [0.717, 1.165) is 4.47 Å². The van der Waals surface area contributed by atoms with Crippen molar-refractivity contribution in [1.82, 2.24) is 15.2 Å². The van der Waals surface area contributed by atoms with Crippen LogP contribution in [0.2, 0.25) is 0 Å². The summed E-state index contributed by atoms with van der Waals surface area (Å²) in [5.41, 5.74) is 1.21. The molecular formula is C9H6BrN3O2. The SMILES string of the molecule is COC(=O)c1nnc2c(Br)cccc2n1. The second kappa shape index (κ2) is 3.90. The van der Waals surface area contributed by atoms with Gasteiger partial charge < -0.3 is 4.74 Å². The molecule has 6 heteroatoms. The summed E-state index contributed by atoms with van der Waals surface area (Å²) in [5, 5.41) is 7.56. The molecule has 76 valence electrons. The Kier molecular flexibility index (Phi) is 2.59. The van der Waals surface area contributed by atoms with Gasteiger partial charge in [0.05, 0.1) is 12.6 Å². The summed E-state index contributed by atoms with van der Waals surface area (Å²) >= 11 is 3.32. The minimum atomic E-state index is -0.593. The lowest BCUT2D eigenvalue weighted by atomic mass is 10.3. The van der Waals surface area contributed by atoms with Gasteiger partial charge in [0.15, 0.2) is 0 Å². The molecular weight excluding hydrogens is 262 g/mol. The van der Waals surface area contributed by atoms with Gasteiger partial charge in [0.2, 0.25) is 0 Å². The lowest BCUT2D eigenvalue weighted by Gasteiger charge is -2.00. The molecule has 2 aromatic rings. The van der Waals surface area contributed by atoms with Crippen molar-refractivity contribution in [2.24, 2.45) is 0 Å². The molecule has 1 heterocycles. The standard InChI is InChI=1S/C9H6BrN3O2/c1-15-9(14)8-11-6-4-2-3-5(10)7(6)12-13-8/h2-4H,1H3. The maximum atomic E-state index is 11.1. The Bertz CT molecular complexity index is 530. The predicted molar refractivity (Wildman–Crippen MR) is 56.4 cm³/mol. The van der Waals surface area contributed by atoms with Gasteiger partial charge in [-0.1, -0.05) is 6.07 Å². The summed E-state index contributed by atoms with van der Waals surface area (Å²) in [6, 6.07) is 5.39. The third-order valence-electron chi connectivity index (χ3n) is 1.80. The molecule has 15 heavy (non-hydrogen) atoms. The molecule has 0 aliphatic carbocycles. The zero-order chi connectivity index (χ0) is 10.8. The van der Waals surface area contributed by atoms with Gasteiger partial charge in [0.25, 0.3) is 5.82 Å². The smallest absolute Gasteiger partial charge is 0.378 e. The number of nitrogens with zero attached hydrogens (tertiary/aromatic N) is 3. The molecule has 1 aromatic carbocycles. The monoisotopic (exact) mass is 267 g/mol. The number of aromatic nitrogens is 3. The van der Waals surface area contributed by atoms with Crippen LogP contribution in [-0.4, -0.2) is 28.3 Å². The van der Waals surface area contributed by atoms with Gasteiger partial charge in [0.1, 0.15) is 5.52 Å². The topological polar surface area (TPSA) is 65.0 Å². The summed E-state index contributed by atoms with van der Waals surface area (Å²) in [6.07, 6.45) is 0. The first-order chi connectivity index (χ1) is 7.22. The van der Waals surface area contributed by atoms with Gasteiger partial charge in [-0.3, -0.25) is 0 Å². The first-order valence-corrected chi connectivity index (χ1v) is 4.89. The van der Waals surface area contributed by atoms with E-state index < -0.39 is 5.97 Å². The van der Waals surface area contributed by atoms with Crippen molar-refractivity contribution in [3.05, 3.63) is 28.5 Å². The van der Waals surface area contributed by atoms with Crippen LogP contribution in [0, 0.1) is 0 Å². The highest BCUT2D eigenvalue weighted by Crippen LogP contribution is 2.19.